The average Bonchev–Trinajstić information content (AvgIpc) is 2.23. The molecular formula is C14H20ClN. The lowest BCUT2D eigenvalue weighted by Gasteiger charge is -2.20. The van der Waals surface area contributed by atoms with Crippen LogP contribution >= 0.6 is 11.6 Å². The molecule has 0 saturated carbocycles. The maximum absolute atomic E-state index is 6.03. The molecule has 16 heavy (non-hydrogen) atoms. The Hall–Kier alpha value is -0.790. The van der Waals surface area contributed by atoms with Crippen molar-refractivity contribution in [3.63, 3.8) is 0 Å². The van der Waals surface area contributed by atoms with Crippen LogP contribution in [-0.4, -0.2) is 6.54 Å². The number of aryl methyl sites for hydroxylation is 1. The van der Waals surface area contributed by atoms with Crippen molar-refractivity contribution in [2.75, 3.05) is 6.54 Å². The Morgan fingerprint density at radius 1 is 1.50 bits per heavy atom. The summed E-state index contributed by atoms with van der Waals surface area (Å²) in [5.41, 5.74) is 3.49. The van der Waals surface area contributed by atoms with E-state index in [4.69, 9.17) is 11.6 Å². The number of hydrogen-bond acceptors (Lipinski definition) is 1. The highest BCUT2D eigenvalue weighted by molar-refractivity contribution is 6.31. The zero-order valence-electron chi connectivity index (χ0n) is 10.3. The van der Waals surface area contributed by atoms with Crippen molar-refractivity contribution >= 4 is 11.6 Å². The lowest BCUT2D eigenvalue weighted by atomic mass is 9.99. The van der Waals surface area contributed by atoms with Crippen LogP contribution in [0.4, 0.5) is 0 Å². The first-order valence-electron chi connectivity index (χ1n) is 5.71. The summed E-state index contributed by atoms with van der Waals surface area (Å²) in [7, 11) is 0. The summed E-state index contributed by atoms with van der Waals surface area (Å²) < 4.78 is 0. The largest absolute Gasteiger partial charge is 0.307 e. The highest BCUT2D eigenvalue weighted by Crippen LogP contribution is 2.24. The predicted molar refractivity (Wildman–Crippen MR) is 72.0 cm³/mol. The van der Waals surface area contributed by atoms with Gasteiger partial charge in [-0.3, -0.25) is 0 Å². The minimum Gasteiger partial charge on any atom is -0.307 e. The molecule has 0 aliphatic heterocycles. The van der Waals surface area contributed by atoms with Crippen LogP contribution < -0.4 is 5.32 Å². The highest BCUT2D eigenvalue weighted by atomic mass is 35.5. The van der Waals surface area contributed by atoms with Gasteiger partial charge in [-0.2, -0.15) is 0 Å². The number of halogens is 1. The Morgan fingerprint density at radius 2 is 2.19 bits per heavy atom. The van der Waals surface area contributed by atoms with Gasteiger partial charge in [-0.1, -0.05) is 42.8 Å². The third kappa shape index (κ3) is 3.36. The second-order valence-electron chi connectivity index (χ2n) is 4.24. The van der Waals surface area contributed by atoms with Crippen LogP contribution in [0.2, 0.25) is 5.02 Å². The van der Waals surface area contributed by atoms with Gasteiger partial charge < -0.3 is 5.32 Å². The van der Waals surface area contributed by atoms with Gasteiger partial charge in [0.2, 0.25) is 0 Å². The van der Waals surface area contributed by atoms with Crippen LogP contribution in [0.25, 0.3) is 0 Å². The van der Waals surface area contributed by atoms with E-state index in [0.717, 1.165) is 29.1 Å². The zero-order chi connectivity index (χ0) is 12.1. The van der Waals surface area contributed by atoms with Crippen LogP contribution in [0.3, 0.4) is 0 Å². The van der Waals surface area contributed by atoms with E-state index in [9.17, 15) is 0 Å². The number of nitrogens with one attached hydrogen (secondary N) is 1. The van der Waals surface area contributed by atoms with Crippen molar-refractivity contribution in [1.82, 2.24) is 5.32 Å². The second kappa shape index (κ2) is 6.07. The van der Waals surface area contributed by atoms with Gasteiger partial charge in [-0.25, -0.2) is 0 Å². The van der Waals surface area contributed by atoms with E-state index in [1.807, 2.05) is 13.0 Å². The van der Waals surface area contributed by atoms with Crippen molar-refractivity contribution in [2.45, 2.75) is 33.2 Å². The third-order valence-electron chi connectivity index (χ3n) is 2.61. The van der Waals surface area contributed by atoms with E-state index in [-0.39, 0.29) is 6.04 Å². The van der Waals surface area contributed by atoms with Crippen molar-refractivity contribution in [3.05, 3.63) is 46.5 Å². The first-order chi connectivity index (χ1) is 7.56. The first kappa shape index (κ1) is 13.3. The van der Waals surface area contributed by atoms with Crippen LogP contribution in [0.1, 0.15) is 37.4 Å². The average molecular weight is 238 g/mol. The number of benzene rings is 1. The van der Waals surface area contributed by atoms with Crippen molar-refractivity contribution < 1.29 is 0 Å². The minimum absolute atomic E-state index is 0.232. The van der Waals surface area contributed by atoms with E-state index in [1.165, 1.54) is 5.56 Å². The molecule has 1 aromatic carbocycles. The molecule has 0 spiro atoms. The van der Waals surface area contributed by atoms with Gasteiger partial charge in [0, 0.05) is 5.02 Å². The Balaban J connectivity index is 2.92. The van der Waals surface area contributed by atoms with Gasteiger partial charge >= 0.3 is 0 Å². The number of hydrogen-bond donors (Lipinski definition) is 1. The lowest BCUT2D eigenvalue weighted by Crippen LogP contribution is -2.22. The standard InChI is InChI=1S/C14H20ClN/c1-5-8-16-14(10(2)3)12-6-7-13(15)11(4)9-12/h6-7,9,14,16H,2,5,8H2,1,3-4H3. The second-order valence-corrected chi connectivity index (χ2v) is 4.65. The van der Waals surface area contributed by atoms with E-state index < -0.39 is 0 Å². The maximum atomic E-state index is 6.03. The maximum Gasteiger partial charge on any atom is 0.0530 e. The van der Waals surface area contributed by atoms with E-state index in [0.29, 0.717) is 0 Å². The summed E-state index contributed by atoms with van der Waals surface area (Å²) in [5.74, 6) is 0. The molecule has 1 aromatic rings. The van der Waals surface area contributed by atoms with Crippen LogP contribution in [0.5, 0.6) is 0 Å². The molecule has 0 saturated heterocycles. The smallest absolute Gasteiger partial charge is 0.0530 e. The molecule has 2 heteroatoms. The molecule has 0 heterocycles. The van der Waals surface area contributed by atoms with E-state index in [1.54, 1.807) is 0 Å². The summed E-state index contributed by atoms with van der Waals surface area (Å²) in [6.07, 6.45) is 1.12. The molecular weight excluding hydrogens is 218 g/mol. The SMILES string of the molecule is C=C(C)C(NCCC)c1ccc(Cl)c(C)c1. The molecule has 0 radical (unpaired) electrons. The van der Waals surface area contributed by atoms with Crippen LogP contribution in [-0.2, 0) is 0 Å². The molecule has 1 rings (SSSR count). The Labute approximate surface area is 104 Å². The molecule has 0 aromatic heterocycles. The monoisotopic (exact) mass is 237 g/mol. The Kier molecular flexibility index (Phi) is 5.04. The van der Waals surface area contributed by atoms with Crippen LogP contribution in [0, 0.1) is 6.92 Å². The van der Waals surface area contributed by atoms with Crippen molar-refractivity contribution in [1.29, 1.82) is 0 Å². The fourth-order valence-electron chi connectivity index (χ4n) is 1.71. The summed E-state index contributed by atoms with van der Waals surface area (Å²) in [5, 5.41) is 4.31. The molecule has 1 unspecified atom stereocenters. The van der Waals surface area contributed by atoms with Gasteiger partial charge in [0.1, 0.15) is 0 Å². The topological polar surface area (TPSA) is 12.0 Å². The summed E-state index contributed by atoms with van der Waals surface area (Å²) >= 11 is 6.03. The van der Waals surface area contributed by atoms with Gasteiger partial charge in [0.15, 0.2) is 0 Å². The van der Waals surface area contributed by atoms with Gasteiger partial charge in [0.25, 0.3) is 0 Å². The fourth-order valence-corrected chi connectivity index (χ4v) is 1.83. The molecule has 0 amide bonds. The molecule has 0 bridgehead atoms. The predicted octanol–water partition coefficient (Wildman–Crippen LogP) is 4.27. The summed E-state index contributed by atoms with van der Waals surface area (Å²) in [4.78, 5) is 0. The third-order valence-corrected chi connectivity index (χ3v) is 3.03. The van der Waals surface area contributed by atoms with Crippen molar-refractivity contribution in [2.24, 2.45) is 0 Å². The molecule has 0 aliphatic carbocycles. The van der Waals surface area contributed by atoms with Gasteiger partial charge in [-0.05, 0) is 44.0 Å². The Bertz CT molecular complexity index is 371. The lowest BCUT2D eigenvalue weighted by molar-refractivity contribution is 0.591. The van der Waals surface area contributed by atoms with Crippen LogP contribution in [0.15, 0.2) is 30.4 Å². The highest BCUT2D eigenvalue weighted by Gasteiger charge is 2.11. The van der Waals surface area contributed by atoms with Gasteiger partial charge in [-0.15, -0.1) is 0 Å². The molecule has 1 nitrogen and oxygen atoms in total. The minimum atomic E-state index is 0.232. The Morgan fingerprint density at radius 3 is 2.69 bits per heavy atom. The quantitative estimate of drug-likeness (QED) is 0.755. The van der Waals surface area contributed by atoms with E-state index >= 15 is 0 Å². The fraction of sp³-hybridized carbons (Fsp3) is 0.429. The molecule has 1 N–H and O–H groups in total. The van der Waals surface area contributed by atoms with E-state index in [2.05, 4.69) is 37.9 Å². The summed E-state index contributed by atoms with van der Waals surface area (Å²) in [6.45, 7) is 11.3. The molecule has 1 atom stereocenters. The zero-order valence-corrected chi connectivity index (χ0v) is 11.1. The number of rotatable bonds is 5. The first-order valence-corrected chi connectivity index (χ1v) is 6.09. The van der Waals surface area contributed by atoms with Crippen molar-refractivity contribution in [3.8, 4) is 0 Å². The molecule has 0 aliphatic rings. The summed E-state index contributed by atoms with van der Waals surface area (Å²) in [6, 6.07) is 6.38. The normalized spacial score (nSPS) is 12.5. The van der Waals surface area contributed by atoms with Gasteiger partial charge in [0.05, 0.1) is 6.04 Å². The molecule has 88 valence electrons. The molecule has 0 fully saturated rings.